The van der Waals surface area contributed by atoms with Crippen LogP contribution in [0.3, 0.4) is 0 Å². The number of nitrogens with one attached hydrogen (secondary N) is 2. The molecular weight excluding hydrogens is 376 g/mol. The molecule has 144 valence electrons. The van der Waals surface area contributed by atoms with Crippen molar-refractivity contribution in [1.29, 1.82) is 0 Å². The van der Waals surface area contributed by atoms with Crippen molar-refractivity contribution in [3.05, 3.63) is 77.6 Å². The fourth-order valence-electron chi connectivity index (χ4n) is 2.44. The Kier molecular flexibility index (Phi) is 5.53. The van der Waals surface area contributed by atoms with Crippen molar-refractivity contribution < 1.29 is 22.4 Å². The molecule has 0 saturated heterocycles. The average Bonchev–Trinajstić information content (AvgIpc) is 2.65. The summed E-state index contributed by atoms with van der Waals surface area (Å²) in [5.74, 6) is -0.825. The van der Waals surface area contributed by atoms with Gasteiger partial charge in [0.1, 0.15) is 5.82 Å². The molecule has 1 amide bonds. The van der Waals surface area contributed by atoms with Gasteiger partial charge in [-0.1, -0.05) is 30.3 Å². The van der Waals surface area contributed by atoms with E-state index in [2.05, 4.69) is 20.8 Å². The van der Waals surface area contributed by atoms with Crippen molar-refractivity contribution in [3.8, 4) is 0 Å². The Morgan fingerprint density at radius 1 is 0.893 bits per heavy atom. The van der Waals surface area contributed by atoms with Gasteiger partial charge in [-0.3, -0.25) is 4.79 Å². The highest BCUT2D eigenvalue weighted by Crippen LogP contribution is 2.35. The molecule has 0 radical (unpaired) electrons. The lowest BCUT2D eigenvalue weighted by Gasteiger charge is -2.13. The summed E-state index contributed by atoms with van der Waals surface area (Å²) in [5.41, 5.74) is -0.769. The van der Waals surface area contributed by atoms with Crippen LogP contribution in [0.2, 0.25) is 0 Å². The third kappa shape index (κ3) is 4.81. The molecule has 3 aromatic rings. The fourth-order valence-corrected chi connectivity index (χ4v) is 2.44. The van der Waals surface area contributed by atoms with E-state index >= 15 is 0 Å². The first-order chi connectivity index (χ1) is 13.3. The van der Waals surface area contributed by atoms with E-state index in [4.69, 9.17) is 0 Å². The van der Waals surface area contributed by atoms with Crippen LogP contribution in [0.15, 0.2) is 60.7 Å². The number of benzene rings is 2. The van der Waals surface area contributed by atoms with Crippen LogP contribution >= 0.6 is 0 Å². The van der Waals surface area contributed by atoms with Crippen molar-refractivity contribution >= 4 is 23.2 Å². The van der Waals surface area contributed by atoms with Crippen molar-refractivity contribution in [3.63, 3.8) is 0 Å². The third-order valence-electron chi connectivity index (χ3n) is 3.74. The molecule has 1 heterocycles. The van der Waals surface area contributed by atoms with E-state index in [1.165, 1.54) is 48.5 Å². The second kappa shape index (κ2) is 8.03. The van der Waals surface area contributed by atoms with Crippen molar-refractivity contribution in [2.45, 2.75) is 12.6 Å². The van der Waals surface area contributed by atoms with Crippen LogP contribution in [0, 0.1) is 5.82 Å². The molecule has 1 aromatic heterocycles. The number of para-hydroxylation sites is 1. The molecular formula is C19H14F4N4O. The van der Waals surface area contributed by atoms with E-state index < -0.39 is 23.5 Å². The lowest BCUT2D eigenvalue weighted by atomic mass is 10.1. The maximum Gasteiger partial charge on any atom is 0.418 e. The predicted molar refractivity (Wildman–Crippen MR) is 95.5 cm³/mol. The number of hydrogen-bond acceptors (Lipinski definition) is 4. The zero-order valence-corrected chi connectivity index (χ0v) is 14.3. The quantitative estimate of drug-likeness (QED) is 0.627. The van der Waals surface area contributed by atoms with Crippen molar-refractivity contribution in [1.82, 2.24) is 10.2 Å². The number of alkyl halides is 3. The average molecular weight is 390 g/mol. The van der Waals surface area contributed by atoms with E-state index in [1.807, 2.05) is 0 Å². The maximum atomic E-state index is 13.6. The first-order valence-electron chi connectivity index (χ1n) is 8.13. The first kappa shape index (κ1) is 19.3. The van der Waals surface area contributed by atoms with Crippen LogP contribution in [-0.4, -0.2) is 16.1 Å². The summed E-state index contributed by atoms with van der Waals surface area (Å²) in [4.78, 5) is 12.0. The van der Waals surface area contributed by atoms with E-state index in [9.17, 15) is 22.4 Å². The van der Waals surface area contributed by atoms with Gasteiger partial charge >= 0.3 is 6.18 Å². The van der Waals surface area contributed by atoms with Crippen LogP contribution in [0.4, 0.5) is 34.9 Å². The number of halogens is 4. The normalized spacial score (nSPS) is 11.1. The number of carbonyl (C=O) groups is 1. The SMILES string of the molecule is O=C(Cc1ccccc1F)Nc1ccc(Nc2ccccc2C(F)(F)F)nn1. The number of hydrogen-bond donors (Lipinski definition) is 2. The van der Waals surface area contributed by atoms with Gasteiger partial charge in [0, 0.05) is 0 Å². The highest BCUT2D eigenvalue weighted by Gasteiger charge is 2.33. The third-order valence-corrected chi connectivity index (χ3v) is 3.74. The second-order valence-corrected chi connectivity index (χ2v) is 5.79. The van der Waals surface area contributed by atoms with Gasteiger partial charge in [-0.05, 0) is 35.9 Å². The van der Waals surface area contributed by atoms with Gasteiger partial charge in [0.25, 0.3) is 0 Å². The van der Waals surface area contributed by atoms with Gasteiger partial charge in [0.15, 0.2) is 11.6 Å². The molecule has 0 aliphatic rings. The molecule has 9 heteroatoms. The van der Waals surface area contributed by atoms with Gasteiger partial charge in [0.2, 0.25) is 5.91 Å². The Balaban J connectivity index is 1.66. The zero-order chi connectivity index (χ0) is 20.1. The number of aromatic nitrogens is 2. The summed E-state index contributed by atoms with van der Waals surface area (Å²) in [7, 11) is 0. The Hall–Kier alpha value is -3.49. The Morgan fingerprint density at radius 3 is 2.21 bits per heavy atom. The Labute approximate surface area is 157 Å². The molecule has 0 fully saturated rings. The molecule has 0 spiro atoms. The molecule has 0 saturated carbocycles. The van der Waals surface area contributed by atoms with Crippen LogP contribution in [0.5, 0.6) is 0 Å². The minimum absolute atomic E-state index is 0.0730. The maximum absolute atomic E-state index is 13.6. The molecule has 28 heavy (non-hydrogen) atoms. The monoisotopic (exact) mass is 390 g/mol. The Morgan fingerprint density at radius 2 is 1.54 bits per heavy atom. The van der Waals surface area contributed by atoms with Gasteiger partial charge in [0.05, 0.1) is 17.7 Å². The summed E-state index contributed by atoms with van der Waals surface area (Å²) < 4.78 is 52.6. The molecule has 3 rings (SSSR count). The zero-order valence-electron chi connectivity index (χ0n) is 14.3. The van der Waals surface area contributed by atoms with Crippen molar-refractivity contribution in [2.24, 2.45) is 0 Å². The first-order valence-corrected chi connectivity index (χ1v) is 8.13. The summed E-state index contributed by atoms with van der Waals surface area (Å²) in [5, 5.41) is 12.5. The molecule has 0 bridgehead atoms. The molecule has 2 N–H and O–H groups in total. The molecule has 5 nitrogen and oxygen atoms in total. The van der Waals surface area contributed by atoms with Crippen LogP contribution in [0.25, 0.3) is 0 Å². The lowest BCUT2D eigenvalue weighted by molar-refractivity contribution is -0.136. The smallest absolute Gasteiger partial charge is 0.338 e. The summed E-state index contributed by atoms with van der Waals surface area (Å²) >= 11 is 0. The molecule has 0 atom stereocenters. The molecule has 0 aliphatic heterocycles. The second-order valence-electron chi connectivity index (χ2n) is 5.79. The topological polar surface area (TPSA) is 66.9 Å². The van der Waals surface area contributed by atoms with Gasteiger partial charge in [-0.2, -0.15) is 13.2 Å². The molecule has 0 unspecified atom stereocenters. The van der Waals surface area contributed by atoms with E-state index in [0.29, 0.717) is 0 Å². The minimum Gasteiger partial charge on any atom is -0.338 e. The highest BCUT2D eigenvalue weighted by molar-refractivity contribution is 5.91. The highest BCUT2D eigenvalue weighted by atomic mass is 19.4. The number of rotatable bonds is 5. The van der Waals surface area contributed by atoms with Crippen molar-refractivity contribution in [2.75, 3.05) is 10.6 Å². The van der Waals surface area contributed by atoms with Crippen LogP contribution in [-0.2, 0) is 17.4 Å². The number of anilines is 3. The molecule has 2 aromatic carbocycles. The lowest BCUT2D eigenvalue weighted by Crippen LogP contribution is -2.16. The predicted octanol–water partition coefficient (Wildman–Crippen LogP) is 4.56. The summed E-state index contributed by atoms with van der Waals surface area (Å²) in [6, 6.07) is 13.6. The van der Waals surface area contributed by atoms with E-state index in [1.54, 1.807) is 6.07 Å². The fraction of sp³-hybridized carbons (Fsp3) is 0.105. The minimum atomic E-state index is -4.52. The summed E-state index contributed by atoms with van der Waals surface area (Å²) in [6.07, 6.45) is -4.70. The van der Waals surface area contributed by atoms with Gasteiger partial charge < -0.3 is 10.6 Å². The van der Waals surface area contributed by atoms with E-state index in [-0.39, 0.29) is 29.3 Å². The standard InChI is InChI=1S/C19H14F4N4O/c20-14-7-3-1-5-12(14)11-18(28)25-17-10-9-16(26-27-17)24-15-8-4-2-6-13(15)19(21,22)23/h1-10H,11H2,(H,24,26)(H,25,27,28). The number of nitrogens with zero attached hydrogens (tertiary/aromatic N) is 2. The van der Waals surface area contributed by atoms with E-state index in [0.717, 1.165) is 6.07 Å². The number of amides is 1. The van der Waals surface area contributed by atoms with Gasteiger partial charge in [-0.15, -0.1) is 10.2 Å². The Bertz CT molecular complexity index is 974. The van der Waals surface area contributed by atoms with Crippen LogP contribution in [0.1, 0.15) is 11.1 Å². The van der Waals surface area contributed by atoms with Gasteiger partial charge in [-0.25, -0.2) is 4.39 Å². The largest absolute Gasteiger partial charge is 0.418 e. The number of carbonyl (C=O) groups excluding carboxylic acids is 1. The summed E-state index contributed by atoms with van der Waals surface area (Å²) in [6.45, 7) is 0. The molecule has 0 aliphatic carbocycles. The van der Waals surface area contributed by atoms with Crippen LogP contribution < -0.4 is 10.6 Å².